The molecule has 9 heteroatoms. The molecule has 1 aliphatic heterocycles. The number of benzene rings is 1. The molecule has 1 fully saturated rings. The van der Waals surface area contributed by atoms with Crippen molar-refractivity contribution in [1.82, 2.24) is 9.62 Å². The van der Waals surface area contributed by atoms with E-state index < -0.39 is 26.7 Å². The Morgan fingerprint density at radius 2 is 2.05 bits per heavy atom. The normalized spacial score (nSPS) is 21.0. The molecule has 22 heavy (non-hydrogen) atoms. The topological polar surface area (TPSA) is 49.4 Å². The van der Waals surface area contributed by atoms with E-state index in [4.69, 9.17) is 11.6 Å². The first kappa shape index (κ1) is 17.5. The fourth-order valence-corrected chi connectivity index (χ4v) is 4.44. The summed E-state index contributed by atoms with van der Waals surface area (Å²) in [6, 6.07) is 2.32. The molecule has 0 unspecified atom stereocenters. The fourth-order valence-electron chi connectivity index (χ4n) is 2.41. The lowest BCUT2D eigenvalue weighted by atomic mass is 10.1. The number of likely N-dealkylation sites (N-methyl/N-ethyl adjacent to an activating group) is 1. The minimum Gasteiger partial charge on any atom is -0.316 e. The molecular weight excluding hydrogens is 341 g/mol. The summed E-state index contributed by atoms with van der Waals surface area (Å²) in [5.41, 5.74) is -1.03. The molecule has 4 nitrogen and oxygen atoms in total. The largest absolute Gasteiger partial charge is 0.416 e. The van der Waals surface area contributed by atoms with Crippen LogP contribution in [0.3, 0.4) is 0 Å². The summed E-state index contributed by atoms with van der Waals surface area (Å²) < 4.78 is 64.7. The van der Waals surface area contributed by atoms with Crippen LogP contribution < -0.4 is 5.32 Å². The molecule has 1 saturated heterocycles. The molecule has 0 aliphatic carbocycles. The lowest BCUT2D eigenvalue weighted by molar-refractivity contribution is -0.137. The van der Waals surface area contributed by atoms with Crippen LogP contribution in [0.2, 0.25) is 5.02 Å². The third-order valence-electron chi connectivity index (χ3n) is 3.67. The first-order chi connectivity index (χ1) is 10.2. The Bertz CT molecular complexity index is 649. The molecule has 1 aromatic carbocycles. The van der Waals surface area contributed by atoms with Crippen LogP contribution in [0, 0.1) is 0 Å². The molecule has 1 heterocycles. The highest BCUT2D eigenvalue weighted by Crippen LogP contribution is 2.34. The molecule has 0 radical (unpaired) electrons. The van der Waals surface area contributed by atoms with E-state index in [1.54, 1.807) is 7.05 Å². The smallest absolute Gasteiger partial charge is 0.316 e. The Morgan fingerprint density at radius 3 is 2.64 bits per heavy atom. The minimum atomic E-state index is -4.62. The van der Waals surface area contributed by atoms with Crippen LogP contribution >= 0.6 is 11.6 Å². The van der Waals surface area contributed by atoms with Gasteiger partial charge in [0.2, 0.25) is 10.0 Å². The number of hydrogen-bond acceptors (Lipinski definition) is 3. The Balaban J connectivity index is 2.41. The van der Waals surface area contributed by atoms with Crippen LogP contribution in [-0.2, 0) is 16.2 Å². The van der Waals surface area contributed by atoms with Gasteiger partial charge in [-0.05, 0) is 38.1 Å². The molecule has 1 atom stereocenters. The van der Waals surface area contributed by atoms with Gasteiger partial charge in [0.25, 0.3) is 0 Å². The van der Waals surface area contributed by atoms with Crippen molar-refractivity contribution >= 4 is 21.6 Å². The van der Waals surface area contributed by atoms with Gasteiger partial charge in [0, 0.05) is 19.1 Å². The number of halogens is 4. The molecule has 0 saturated carbocycles. The Kier molecular flexibility index (Phi) is 5.06. The Morgan fingerprint density at radius 1 is 1.36 bits per heavy atom. The second kappa shape index (κ2) is 6.35. The minimum absolute atomic E-state index is 0.0203. The fraction of sp³-hybridized carbons (Fsp3) is 0.538. The molecule has 1 N–H and O–H groups in total. The van der Waals surface area contributed by atoms with Gasteiger partial charge in [0.1, 0.15) is 4.90 Å². The van der Waals surface area contributed by atoms with Gasteiger partial charge >= 0.3 is 6.18 Å². The molecule has 1 aromatic rings. The van der Waals surface area contributed by atoms with Gasteiger partial charge in [-0.2, -0.15) is 17.5 Å². The Labute approximate surface area is 132 Å². The van der Waals surface area contributed by atoms with Crippen molar-refractivity contribution in [2.45, 2.75) is 30.0 Å². The molecular formula is C13H16ClF3N2O2S. The number of nitrogens with one attached hydrogen (secondary N) is 1. The number of hydrogen-bond donors (Lipinski definition) is 1. The summed E-state index contributed by atoms with van der Waals surface area (Å²) >= 11 is 5.83. The zero-order valence-corrected chi connectivity index (χ0v) is 13.4. The standard InChI is InChI=1S/C13H16ClF3N2O2S/c1-18-10-3-2-6-19(8-10)22(20,21)12-7-9(13(15,16)17)4-5-11(12)14/h4-5,7,10,18H,2-3,6,8H2,1H3/t10-/m1/s1. The zero-order valence-electron chi connectivity index (χ0n) is 11.8. The summed E-state index contributed by atoms with van der Waals surface area (Å²) in [6.45, 7) is 0.485. The van der Waals surface area contributed by atoms with Crippen LogP contribution in [0.4, 0.5) is 13.2 Å². The first-order valence-electron chi connectivity index (χ1n) is 6.70. The highest BCUT2D eigenvalue weighted by molar-refractivity contribution is 7.89. The SMILES string of the molecule is CN[C@@H]1CCCN(S(=O)(=O)c2cc(C(F)(F)F)ccc2Cl)C1. The number of sulfonamides is 1. The van der Waals surface area contributed by atoms with E-state index in [9.17, 15) is 21.6 Å². The third-order valence-corrected chi connectivity index (χ3v) is 6.02. The Hall–Kier alpha value is -0.830. The van der Waals surface area contributed by atoms with Crippen molar-refractivity contribution in [2.75, 3.05) is 20.1 Å². The van der Waals surface area contributed by atoms with Crippen LogP contribution in [-0.4, -0.2) is 38.9 Å². The predicted molar refractivity (Wildman–Crippen MR) is 77.3 cm³/mol. The van der Waals surface area contributed by atoms with Crippen molar-refractivity contribution in [3.63, 3.8) is 0 Å². The van der Waals surface area contributed by atoms with Crippen molar-refractivity contribution < 1.29 is 21.6 Å². The van der Waals surface area contributed by atoms with E-state index in [1.807, 2.05) is 0 Å². The number of rotatable bonds is 3. The van der Waals surface area contributed by atoms with Crippen molar-refractivity contribution in [3.8, 4) is 0 Å². The molecule has 124 valence electrons. The highest BCUT2D eigenvalue weighted by atomic mass is 35.5. The molecule has 0 aromatic heterocycles. The lowest BCUT2D eigenvalue weighted by Gasteiger charge is -2.32. The molecule has 1 aliphatic rings. The van der Waals surface area contributed by atoms with Crippen LogP contribution in [0.15, 0.2) is 23.1 Å². The second-order valence-corrected chi connectivity index (χ2v) is 7.45. The van der Waals surface area contributed by atoms with Gasteiger partial charge < -0.3 is 5.32 Å². The summed E-state index contributed by atoms with van der Waals surface area (Å²) in [5, 5.41) is 2.78. The lowest BCUT2D eigenvalue weighted by Crippen LogP contribution is -2.46. The van der Waals surface area contributed by atoms with Gasteiger partial charge in [-0.15, -0.1) is 0 Å². The van der Waals surface area contributed by atoms with Crippen LogP contribution in [0.25, 0.3) is 0 Å². The third kappa shape index (κ3) is 3.56. The maximum absolute atomic E-state index is 12.8. The summed E-state index contributed by atoms with van der Waals surface area (Å²) in [7, 11) is -2.34. The maximum atomic E-state index is 12.8. The summed E-state index contributed by atoms with van der Waals surface area (Å²) in [6.07, 6.45) is -3.16. The van der Waals surface area contributed by atoms with E-state index in [-0.39, 0.29) is 24.2 Å². The number of alkyl halides is 3. The summed E-state index contributed by atoms with van der Waals surface area (Å²) in [4.78, 5) is -0.499. The predicted octanol–water partition coefficient (Wildman–Crippen LogP) is 2.73. The van der Waals surface area contributed by atoms with E-state index >= 15 is 0 Å². The second-order valence-electron chi connectivity index (χ2n) is 5.13. The van der Waals surface area contributed by atoms with E-state index in [1.165, 1.54) is 4.31 Å². The van der Waals surface area contributed by atoms with E-state index in [0.717, 1.165) is 18.6 Å². The van der Waals surface area contributed by atoms with Gasteiger partial charge in [0.15, 0.2) is 0 Å². The summed E-state index contributed by atoms with van der Waals surface area (Å²) in [5.74, 6) is 0. The van der Waals surface area contributed by atoms with Gasteiger partial charge in [-0.3, -0.25) is 0 Å². The molecule has 0 amide bonds. The van der Waals surface area contributed by atoms with Gasteiger partial charge in [-0.1, -0.05) is 11.6 Å². The average molecular weight is 357 g/mol. The first-order valence-corrected chi connectivity index (χ1v) is 8.52. The molecule has 0 spiro atoms. The highest BCUT2D eigenvalue weighted by Gasteiger charge is 2.35. The molecule has 2 rings (SSSR count). The number of nitrogens with zero attached hydrogens (tertiary/aromatic N) is 1. The van der Waals surface area contributed by atoms with E-state index in [2.05, 4.69) is 5.32 Å². The van der Waals surface area contributed by atoms with Crippen molar-refractivity contribution in [1.29, 1.82) is 0 Å². The van der Waals surface area contributed by atoms with Crippen LogP contribution in [0.5, 0.6) is 0 Å². The monoisotopic (exact) mass is 356 g/mol. The van der Waals surface area contributed by atoms with Crippen LogP contribution in [0.1, 0.15) is 18.4 Å². The average Bonchev–Trinajstić information content (AvgIpc) is 2.46. The maximum Gasteiger partial charge on any atom is 0.416 e. The number of piperidine rings is 1. The quantitative estimate of drug-likeness (QED) is 0.906. The van der Waals surface area contributed by atoms with Gasteiger partial charge in [0.05, 0.1) is 10.6 Å². The molecule has 0 bridgehead atoms. The van der Waals surface area contributed by atoms with Crippen molar-refractivity contribution in [2.24, 2.45) is 0 Å². The van der Waals surface area contributed by atoms with Gasteiger partial charge in [-0.25, -0.2) is 8.42 Å². The van der Waals surface area contributed by atoms with E-state index in [0.29, 0.717) is 12.5 Å². The zero-order chi connectivity index (χ0) is 16.5. The van der Waals surface area contributed by atoms with Crippen molar-refractivity contribution in [3.05, 3.63) is 28.8 Å².